The van der Waals surface area contributed by atoms with Crippen LogP contribution in [0.1, 0.15) is 55.4 Å². The van der Waals surface area contributed by atoms with E-state index in [1.165, 1.54) is 0 Å². The van der Waals surface area contributed by atoms with Crippen molar-refractivity contribution in [3.63, 3.8) is 0 Å². The molecular weight excluding hydrogens is 376 g/mol. The summed E-state index contributed by atoms with van der Waals surface area (Å²) in [4.78, 5) is 49.8. The number of ether oxygens (including phenoxy) is 4. The van der Waals surface area contributed by atoms with Crippen LogP contribution < -0.4 is 5.12 Å². The maximum Gasteiger partial charge on any atom is 0.631 e. The number of amides is 4. The van der Waals surface area contributed by atoms with Gasteiger partial charge in [-0.25, -0.2) is 14.4 Å². The third-order valence-corrected chi connectivity index (χ3v) is 2.72. The minimum atomic E-state index is -1.09. The summed E-state index contributed by atoms with van der Waals surface area (Å²) in [5.74, 6) is 0. The fraction of sp³-hybridized carbons (Fsp3) is 0.750. The molecule has 1 heterocycles. The molecule has 12 nitrogen and oxygen atoms in total. The Labute approximate surface area is 163 Å². The van der Waals surface area contributed by atoms with E-state index in [0.717, 1.165) is 0 Å². The van der Waals surface area contributed by atoms with Crippen LogP contribution in [0.25, 0.3) is 0 Å². The van der Waals surface area contributed by atoms with Gasteiger partial charge < -0.3 is 18.9 Å². The summed E-state index contributed by atoms with van der Waals surface area (Å²) in [7, 11) is 0. The predicted octanol–water partition coefficient (Wildman–Crippen LogP) is 2.89. The van der Waals surface area contributed by atoms with E-state index < -0.39 is 48.8 Å². The topological polar surface area (TPSA) is 121 Å². The molecule has 1 rings (SSSR count). The number of nitrogens with zero attached hydrogens (tertiary/aromatic N) is 4. The van der Waals surface area contributed by atoms with Gasteiger partial charge in [-0.05, 0) is 55.4 Å². The van der Waals surface area contributed by atoms with Crippen molar-refractivity contribution in [3.8, 4) is 0 Å². The van der Waals surface area contributed by atoms with Gasteiger partial charge in [-0.2, -0.15) is 4.79 Å². The average Bonchev–Trinajstić information content (AvgIpc) is 2.42. The molecule has 1 saturated heterocycles. The highest BCUT2D eigenvalue weighted by Gasteiger charge is 2.72. The van der Waals surface area contributed by atoms with E-state index in [0.29, 0.717) is 20.5 Å². The van der Waals surface area contributed by atoms with Gasteiger partial charge in [0.05, 0.1) is 28.5 Å². The van der Waals surface area contributed by atoms with Crippen LogP contribution in [-0.4, -0.2) is 64.1 Å². The second-order valence-corrected chi connectivity index (χ2v) is 6.89. The van der Waals surface area contributed by atoms with Crippen LogP contribution in [0.5, 0.6) is 0 Å². The Balaban J connectivity index is 3.29. The van der Waals surface area contributed by atoms with Crippen molar-refractivity contribution in [2.75, 3.05) is 0 Å². The van der Waals surface area contributed by atoms with Crippen LogP contribution in [-0.2, 0) is 18.9 Å². The van der Waals surface area contributed by atoms with Gasteiger partial charge in [0.25, 0.3) is 0 Å². The summed E-state index contributed by atoms with van der Waals surface area (Å²) in [5, 5.41) is 1.99. The molecule has 0 aromatic rings. The van der Waals surface area contributed by atoms with Crippen molar-refractivity contribution in [2.45, 2.75) is 79.8 Å². The summed E-state index contributed by atoms with van der Waals surface area (Å²) in [6, 6.07) is 0. The average molecular weight is 404 g/mol. The summed E-state index contributed by atoms with van der Waals surface area (Å²) in [6.07, 6.45) is -6.61. The Kier molecular flexibility index (Phi) is 7.85. The molecule has 4 amide bonds. The van der Waals surface area contributed by atoms with Crippen molar-refractivity contribution in [3.05, 3.63) is 0 Å². The molecule has 0 bridgehead atoms. The lowest BCUT2D eigenvalue weighted by Crippen LogP contribution is -2.86. The van der Waals surface area contributed by atoms with E-state index >= 15 is 0 Å². The molecule has 28 heavy (non-hydrogen) atoms. The van der Waals surface area contributed by atoms with Crippen LogP contribution in [0.4, 0.5) is 19.2 Å². The molecule has 1 fully saturated rings. The van der Waals surface area contributed by atoms with Gasteiger partial charge in [0.1, 0.15) is 6.10 Å². The first-order valence-electron chi connectivity index (χ1n) is 8.89. The highest BCUT2D eigenvalue weighted by Crippen LogP contribution is 2.27. The van der Waals surface area contributed by atoms with E-state index in [4.69, 9.17) is 18.9 Å². The van der Waals surface area contributed by atoms with Crippen LogP contribution in [0, 0.1) is 0 Å². The lowest BCUT2D eigenvalue weighted by Gasteiger charge is -2.41. The molecule has 12 heteroatoms. The Morgan fingerprint density at radius 3 is 1.21 bits per heavy atom. The molecule has 0 atom stereocenters. The lowest BCUT2D eigenvalue weighted by atomic mass is 10.5. The van der Waals surface area contributed by atoms with E-state index in [9.17, 15) is 19.2 Å². The highest BCUT2D eigenvalue weighted by molar-refractivity contribution is 5.86. The molecule has 0 aromatic carbocycles. The van der Waals surface area contributed by atoms with Gasteiger partial charge in [-0.3, -0.25) is 0 Å². The second kappa shape index (κ2) is 9.44. The van der Waals surface area contributed by atoms with Crippen LogP contribution >= 0.6 is 0 Å². The second-order valence-electron chi connectivity index (χ2n) is 6.89. The molecule has 0 saturated carbocycles. The standard InChI is InChI=1S/C16H28N4O8/c1-9(2)25-13(21)17-18(14(22)26-10(3)4)20(16(24)28-12(7)8)19(17)15(23)27-11(5)6/h9-12H,1-8H3/q+1. The Hall–Kier alpha value is -2.76. The molecular formula is C16H28N4O8+. The molecule has 0 aliphatic carbocycles. The van der Waals surface area contributed by atoms with Crippen molar-refractivity contribution >= 4 is 24.4 Å². The molecule has 1 aliphatic rings. The normalized spacial score (nSPS) is 14.5. The quantitative estimate of drug-likeness (QED) is 0.518. The smallest absolute Gasteiger partial charge is 0.444 e. The van der Waals surface area contributed by atoms with E-state index in [1.807, 2.05) is 0 Å². The van der Waals surface area contributed by atoms with Gasteiger partial charge in [0, 0.05) is 5.12 Å². The minimum absolute atomic E-state index is 0.497. The molecule has 0 aromatic heterocycles. The van der Waals surface area contributed by atoms with Crippen molar-refractivity contribution in [2.24, 2.45) is 0 Å². The minimum Gasteiger partial charge on any atom is -0.444 e. The Bertz CT molecular complexity index is 495. The third-order valence-electron chi connectivity index (χ3n) is 2.72. The van der Waals surface area contributed by atoms with Gasteiger partial charge in [0.2, 0.25) is 5.12 Å². The maximum atomic E-state index is 12.5. The number of rotatable bonds is 4. The fourth-order valence-corrected chi connectivity index (χ4v) is 1.90. The monoisotopic (exact) mass is 404 g/mol. The predicted molar refractivity (Wildman–Crippen MR) is 94.1 cm³/mol. The number of carbonyl (C=O) groups is 4. The van der Waals surface area contributed by atoms with Gasteiger partial charge >= 0.3 is 24.4 Å². The van der Waals surface area contributed by atoms with Crippen LogP contribution in [0.3, 0.4) is 0 Å². The van der Waals surface area contributed by atoms with E-state index in [2.05, 4.69) is 0 Å². The molecule has 159 valence electrons. The first-order chi connectivity index (χ1) is 12.9. The van der Waals surface area contributed by atoms with Crippen molar-refractivity contribution in [1.29, 1.82) is 0 Å². The lowest BCUT2D eigenvalue weighted by molar-refractivity contribution is -0.360. The number of hydrogen-bond acceptors (Lipinski definition) is 8. The van der Waals surface area contributed by atoms with E-state index in [1.54, 1.807) is 55.4 Å². The van der Waals surface area contributed by atoms with Gasteiger partial charge in [-0.1, -0.05) is 0 Å². The van der Waals surface area contributed by atoms with Crippen molar-refractivity contribution in [1.82, 2.24) is 20.5 Å². The highest BCUT2D eigenvalue weighted by atomic mass is 16.7. The summed E-state index contributed by atoms with van der Waals surface area (Å²) in [5.41, 5.74) is 0. The third kappa shape index (κ3) is 5.62. The zero-order chi connectivity index (χ0) is 21.8. The molecule has 0 N–H and O–H groups in total. The number of carbonyl (C=O) groups excluding carboxylic acids is 4. The summed E-state index contributed by atoms with van der Waals surface area (Å²) < 4.78 is 20.2. The fourth-order valence-electron chi connectivity index (χ4n) is 1.90. The van der Waals surface area contributed by atoms with Crippen LogP contribution in [0.2, 0.25) is 0 Å². The van der Waals surface area contributed by atoms with Gasteiger partial charge in [0.15, 0.2) is 0 Å². The first-order valence-corrected chi connectivity index (χ1v) is 8.89. The molecule has 1 aliphatic heterocycles. The van der Waals surface area contributed by atoms with Crippen LogP contribution in [0.15, 0.2) is 0 Å². The Morgan fingerprint density at radius 2 is 0.893 bits per heavy atom. The van der Waals surface area contributed by atoms with Crippen molar-refractivity contribution < 1.29 is 38.1 Å². The SMILES string of the molecule is CC(C)OC(=O)N1N(C(=O)OC(C)C)[N+](C(=O)OC(C)C)N1C(=O)OC(C)C. The summed E-state index contributed by atoms with van der Waals surface area (Å²) in [6.45, 7) is 12.6. The first kappa shape index (κ1) is 23.3. The van der Waals surface area contributed by atoms with E-state index in [-0.39, 0.29) is 0 Å². The molecule has 0 unspecified atom stereocenters. The molecule has 1 radical (unpaired) electrons. The summed E-state index contributed by atoms with van der Waals surface area (Å²) >= 11 is 0. The Morgan fingerprint density at radius 1 is 0.571 bits per heavy atom. The number of hydrogen-bond donors (Lipinski definition) is 0. The zero-order valence-corrected chi connectivity index (χ0v) is 17.4. The molecule has 0 spiro atoms. The van der Waals surface area contributed by atoms with Gasteiger partial charge in [-0.15, -0.1) is 0 Å². The zero-order valence-electron chi connectivity index (χ0n) is 17.4. The number of hydrazine groups is 4. The maximum absolute atomic E-state index is 12.5. The largest absolute Gasteiger partial charge is 0.631 e.